The van der Waals surface area contributed by atoms with Gasteiger partial charge in [0, 0.05) is 11.3 Å². The minimum absolute atomic E-state index is 0.102. The van der Waals surface area contributed by atoms with Gasteiger partial charge in [0.1, 0.15) is 6.04 Å². The van der Waals surface area contributed by atoms with Crippen molar-refractivity contribution in [3.63, 3.8) is 0 Å². The van der Waals surface area contributed by atoms with Gasteiger partial charge < -0.3 is 10.4 Å². The highest BCUT2D eigenvalue weighted by Gasteiger charge is 2.22. The third-order valence-electron chi connectivity index (χ3n) is 3.16. The van der Waals surface area contributed by atoms with Gasteiger partial charge in [-0.15, -0.1) is 11.3 Å². The van der Waals surface area contributed by atoms with Gasteiger partial charge in [0.2, 0.25) is 5.91 Å². The molecule has 0 aliphatic heterocycles. The first-order chi connectivity index (χ1) is 9.50. The first-order valence-corrected chi connectivity index (χ1v) is 7.93. The van der Waals surface area contributed by atoms with E-state index < -0.39 is 12.0 Å². The van der Waals surface area contributed by atoms with Gasteiger partial charge in [0.15, 0.2) is 0 Å². The normalized spacial score (nSPS) is 12.3. The van der Waals surface area contributed by atoms with Crippen molar-refractivity contribution in [3.8, 4) is 0 Å². The number of unbranched alkanes of at least 4 members (excludes halogenated alkanes) is 2. The number of carboxylic acid groups (broad SMARTS) is 1. The molecule has 1 aromatic heterocycles. The van der Waals surface area contributed by atoms with Crippen LogP contribution in [0.2, 0.25) is 0 Å². The van der Waals surface area contributed by atoms with Crippen molar-refractivity contribution in [3.05, 3.63) is 22.4 Å². The number of aliphatic carboxylic acids is 1. The van der Waals surface area contributed by atoms with E-state index in [0.717, 1.165) is 25.7 Å². The molecule has 0 unspecified atom stereocenters. The number of carboxylic acids is 1. The van der Waals surface area contributed by atoms with Crippen LogP contribution >= 0.6 is 11.3 Å². The predicted octanol–water partition coefficient (Wildman–Crippen LogP) is 3.08. The van der Waals surface area contributed by atoms with E-state index in [1.165, 1.54) is 4.88 Å². The molecule has 20 heavy (non-hydrogen) atoms. The van der Waals surface area contributed by atoms with Gasteiger partial charge in [-0.3, -0.25) is 4.79 Å². The van der Waals surface area contributed by atoms with Crippen molar-refractivity contribution in [1.29, 1.82) is 0 Å². The van der Waals surface area contributed by atoms with E-state index in [1.54, 1.807) is 25.2 Å². The molecule has 4 nitrogen and oxygen atoms in total. The molecule has 0 saturated heterocycles. The Kier molecular flexibility index (Phi) is 7.30. The van der Waals surface area contributed by atoms with Crippen LogP contribution in [0.3, 0.4) is 0 Å². The number of carbonyl (C=O) groups excluding carboxylic acids is 1. The van der Waals surface area contributed by atoms with Crippen LogP contribution in [0.5, 0.6) is 0 Å². The molecule has 1 atom stereocenters. The first kappa shape index (κ1) is 16.7. The summed E-state index contributed by atoms with van der Waals surface area (Å²) in [7, 11) is 0. The maximum atomic E-state index is 11.7. The maximum absolute atomic E-state index is 11.7. The molecule has 0 aliphatic rings. The molecule has 0 fully saturated rings. The number of hydrogen-bond acceptors (Lipinski definition) is 3. The zero-order chi connectivity index (χ0) is 15.0. The minimum atomic E-state index is -0.967. The monoisotopic (exact) mass is 297 g/mol. The lowest BCUT2D eigenvalue weighted by molar-refractivity contribution is -0.143. The third kappa shape index (κ3) is 6.19. The SMILES string of the molecule is CC(C)[C@H](NC(=O)CCCCCc1cccs1)C(=O)O. The summed E-state index contributed by atoms with van der Waals surface area (Å²) >= 11 is 1.76. The smallest absolute Gasteiger partial charge is 0.326 e. The minimum Gasteiger partial charge on any atom is -0.480 e. The predicted molar refractivity (Wildman–Crippen MR) is 80.9 cm³/mol. The largest absolute Gasteiger partial charge is 0.480 e. The van der Waals surface area contributed by atoms with Crippen molar-refractivity contribution in [2.24, 2.45) is 5.92 Å². The molecule has 5 heteroatoms. The van der Waals surface area contributed by atoms with Gasteiger partial charge in [0.25, 0.3) is 0 Å². The van der Waals surface area contributed by atoms with Crippen LogP contribution in [0, 0.1) is 5.92 Å². The first-order valence-electron chi connectivity index (χ1n) is 7.05. The Hall–Kier alpha value is -1.36. The van der Waals surface area contributed by atoms with E-state index in [0.29, 0.717) is 6.42 Å². The maximum Gasteiger partial charge on any atom is 0.326 e. The number of hydrogen-bond donors (Lipinski definition) is 2. The molecular formula is C15H23NO3S. The van der Waals surface area contributed by atoms with Crippen LogP contribution in [0.25, 0.3) is 0 Å². The van der Waals surface area contributed by atoms with Gasteiger partial charge >= 0.3 is 5.97 Å². The summed E-state index contributed by atoms with van der Waals surface area (Å²) in [5.41, 5.74) is 0. The Labute approximate surface area is 124 Å². The number of amides is 1. The third-order valence-corrected chi connectivity index (χ3v) is 4.09. The summed E-state index contributed by atoms with van der Waals surface area (Å²) in [5, 5.41) is 13.6. The average Bonchev–Trinajstić information content (AvgIpc) is 2.88. The Bertz CT molecular complexity index is 415. The van der Waals surface area contributed by atoms with Gasteiger partial charge in [-0.05, 0) is 36.6 Å². The second kappa shape index (κ2) is 8.74. The quantitative estimate of drug-likeness (QED) is 0.688. The Morgan fingerprint density at radius 1 is 1.30 bits per heavy atom. The van der Waals surface area contributed by atoms with Crippen molar-refractivity contribution < 1.29 is 14.7 Å². The number of rotatable bonds is 9. The topological polar surface area (TPSA) is 66.4 Å². The van der Waals surface area contributed by atoms with Crippen LogP contribution < -0.4 is 5.32 Å². The zero-order valence-corrected chi connectivity index (χ0v) is 12.9. The van der Waals surface area contributed by atoms with E-state index in [4.69, 9.17) is 5.11 Å². The van der Waals surface area contributed by atoms with Crippen LogP contribution in [0.1, 0.15) is 44.4 Å². The highest BCUT2D eigenvalue weighted by molar-refractivity contribution is 7.09. The number of nitrogens with one attached hydrogen (secondary N) is 1. The molecule has 1 aromatic rings. The van der Waals surface area contributed by atoms with Gasteiger partial charge in [0.05, 0.1) is 0 Å². The lowest BCUT2D eigenvalue weighted by Crippen LogP contribution is -2.44. The molecule has 112 valence electrons. The van der Waals surface area contributed by atoms with Crippen LogP contribution in [0.4, 0.5) is 0 Å². The lowest BCUT2D eigenvalue weighted by atomic mass is 10.0. The summed E-state index contributed by atoms with van der Waals surface area (Å²) in [6.45, 7) is 3.58. The Balaban J connectivity index is 2.14. The molecule has 1 rings (SSSR count). The van der Waals surface area contributed by atoms with Gasteiger partial charge in [-0.1, -0.05) is 26.3 Å². The number of thiophene rings is 1. The average molecular weight is 297 g/mol. The molecule has 0 aromatic carbocycles. The molecule has 0 spiro atoms. The van der Waals surface area contributed by atoms with Crippen LogP contribution in [-0.2, 0) is 16.0 Å². The highest BCUT2D eigenvalue weighted by Crippen LogP contribution is 2.13. The van der Waals surface area contributed by atoms with E-state index in [1.807, 2.05) is 6.07 Å². The molecule has 2 N–H and O–H groups in total. The van der Waals surface area contributed by atoms with Crippen LogP contribution in [-0.4, -0.2) is 23.0 Å². The number of carbonyl (C=O) groups is 2. The number of aryl methyl sites for hydroxylation is 1. The van der Waals surface area contributed by atoms with Crippen LogP contribution in [0.15, 0.2) is 17.5 Å². The van der Waals surface area contributed by atoms with Crippen molar-refractivity contribution in [1.82, 2.24) is 5.32 Å². The van der Waals surface area contributed by atoms with Crippen molar-refractivity contribution in [2.75, 3.05) is 0 Å². The van der Waals surface area contributed by atoms with E-state index in [-0.39, 0.29) is 11.8 Å². The van der Waals surface area contributed by atoms with Gasteiger partial charge in [-0.2, -0.15) is 0 Å². The molecular weight excluding hydrogens is 274 g/mol. The van der Waals surface area contributed by atoms with E-state index in [2.05, 4.69) is 16.8 Å². The summed E-state index contributed by atoms with van der Waals surface area (Å²) in [4.78, 5) is 24.0. The summed E-state index contributed by atoms with van der Waals surface area (Å²) < 4.78 is 0. The standard InChI is InChI=1S/C15H23NO3S/c1-11(2)14(15(18)19)16-13(17)9-5-3-4-7-12-8-6-10-20-12/h6,8,10-11,14H,3-5,7,9H2,1-2H3,(H,16,17)(H,18,19)/t14-/m0/s1. The van der Waals surface area contributed by atoms with E-state index in [9.17, 15) is 9.59 Å². The highest BCUT2D eigenvalue weighted by atomic mass is 32.1. The zero-order valence-electron chi connectivity index (χ0n) is 12.1. The molecule has 0 aliphatic carbocycles. The molecule has 0 saturated carbocycles. The van der Waals surface area contributed by atoms with E-state index >= 15 is 0 Å². The summed E-state index contributed by atoms with van der Waals surface area (Å²) in [5.74, 6) is -1.23. The molecule has 0 radical (unpaired) electrons. The van der Waals surface area contributed by atoms with Crippen molar-refractivity contribution in [2.45, 2.75) is 52.0 Å². The molecule has 1 heterocycles. The fourth-order valence-corrected chi connectivity index (χ4v) is 2.73. The second-order valence-electron chi connectivity index (χ2n) is 5.27. The second-order valence-corrected chi connectivity index (χ2v) is 6.30. The van der Waals surface area contributed by atoms with Crippen molar-refractivity contribution >= 4 is 23.2 Å². The lowest BCUT2D eigenvalue weighted by Gasteiger charge is -2.17. The summed E-state index contributed by atoms with van der Waals surface area (Å²) in [6.07, 6.45) is 4.33. The Morgan fingerprint density at radius 3 is 2.60 bits per heavy atom. The van der Waals surface area contributed by atoms with Gasteiger partial charge in [-0.25, -0.2) is 4.79 Å². The fourth-order valence-electron chi connectivity index (χ4n) is 1.98. The fraction of sp³-hybridized carbons (Fsp3) is 0.600. The molecule has 0 bridgehead atoms. The summed E-state index contributed by atoms with van der Waals surface area (Å²) in [6, 6.07) is 3.39. The molecule has 1 amide bonds. The Morgan fingerprint density at radius 2 is 2.05 bits per heavy atom.